The molecule has 3 N–H and O–H groups in total. The molecule has 0 aliphatic carbocycles. The minimum atomic E-state index is 0.128. The van der Waals surface area contributed by atoms with Crippen LogP contribution >= 0.6 is 15.9 Å². The van der Waals surface area contributed by atoms with Gasteiger partial charge in [0, 0.05) is 28.8 Å². The predicted octanol–water partition coefficient (Wildman–Crippen LogP) is 3.17. The first kappa shape index (κ1) is 14.2. The van der Waals surface area contributed by atoms with Gasteiger partial charge < -0.3 is 15.8 Å². The molecule has 0 amide bonds. The summed E-state index contributed by atoms with van der Waals surface area (Å²) in [5, 5.41) is 11.8. The second-order valence-corrected chi connectivity index (χ2v) is 5.89. The molecule has 0 saturated carbocycles. The SMILES string of the molecule is CCCC1CCN(c2ccc(/C(N)=N/O)c(Br)c2)C1. The molecule has 2 rings (SSSR count). The van der Waals surface area contributed by atoms with Gasteiger partial charge in [0.15, 0.2) is 5.84 Å². The molecule has 4 nitrogen and oxygen atoms in total. The van der Waals surface area contributed by atoms with Crippen molar-refractivity contribution in [3.05, 3.63) is 28.2 Å². The van der Waals surface area contributed by atoms with Crippen molar-refractivity contribution in [1.29, 1.82) is 0 Å². The van der Waals surface area contributed by atoms with Crippen molar-refractivity contribution in [2.75, 3.05) is 18.0 Å². The van der Waals surface area contributed by atoms with Gasteiger partial charge in [-0.1, -0.05) is 18.5 Å². The summed E-state index contributed by atoms with van der Waals surface area (Å²) in [4.78, 5) is 2.40. The predicted molar refractivity (Wildman–Crippen MR) is 81.9 cm³/mol. The Morgan fingerprint density at radius 2 is 2.37 bits per heavy atom. The molecular formula is C14H20BrN3O. The molecule has 104 valence electrons. The molecule has 0 radical (unpaired) electrons. The van der Waals surface area contributed by atoms with E-state index in [2.05, 4.69) is 32.9 Å². The van der Waals surface area contributed by atoms with Crippen molar-refractivity contribution in [1.82, 2.24) is 0 Å². The fraction of sp³-hybridized carbons (Fsp3) is 0.500. The molecule has 1 aliphatic rings. The average Bonchev–Trinajstić information content (AvgIpc) is 2.87. The number of rotatable bonds is 4. The number of anilines is 1. The van der Waals surface area contributed by atoms with Gasteiger partial charge in [-0.05, 0) is 52.9 Å². The molecule has 1 atom stereocenters. The smallest absolute Gasteiger partial charge is 0.171 e. The number of nitrogens with zero attached hydrogens (tertiary/aromatic N) is 2. The summed E-state index contributed by atoms with van der Waals surface area (Å²) in [7, 11) is 0. The van der Waals surface area contributed by atoms with Crippen molar-refractivity contribution in [2.45, 2.75) is 26.2 Å². The molecule has 19 heavy (non-hydrogen) atoms. The highest BCUT2D eigenvalue weighted by atomic mass is 79.9. The van der Waals surface area contributed by atoms with E-state index in [1.165, 1.54) is 24.9 Å². The van der Waals surface area contributed by atoms with Gasteiger partial charge in [0.2, 0.25) is 0 Å². The normalized spacial score (nSPS) is 20.0. The lowest BCUT2D eigenvalue weighted by Gasteiger charge is -2.19. The summed E-state index contributed by atoms with van der Waals surface area (Å²) in [6.45, 7) is 4.48. The van der Waals surface area contributed by atoms with Crippen LogP contribution in [0.4, 0.5) is 5.69 Å². The quantitative estimate of drug-likeness (QED) is 0.387. The molecule has 1 saturated heterocycles. The lowest BCUT2D eigenvalue weighted by Crippen LogP contribution is -2.20. The zero-order chi connectivity index (χ0) is 13.8. The maximum Gasteiger partial charge on any atom is 0.171 e. The van der Waals surface area contributed by atoms with Gasteiger partial charge >= 0.3 is 0 Å². The Morgan fingerprint density at radius 3 is 3.00 bits per heavy atom. The number of benzene rings is 1. The van der Waals surface area contributed by atoms with Crippen LogP contribution in [-0.2, 0) is 0 Å². The Morgan fingerprint density at radius 1 is 1.58 bits per heavy atom. The van der Waals surface area contributed by atoms with Gasteiger partial charge in [-0.15, -0.1) is 0 Å². The summed E-state index contributed by atoms with van der Waals surface area (Å²) in [6.07, 6.45) is 3.83. The summed E-state index contributed by atoms with van der Waals surface area (Å²) < 4.78 is 0.860. The molecule has 0 bridgehead atoms. The van der Waals surface area contributed by atoms with Crippen LogP contribution < -0.4 is 10.6 Å². The fourth-order valence-electron chi connectivity index (χ4n) is 2.67. The van der Waals surface area contributed by atoms with Gasteiger partial charge in [0.05, 0.1) is 0 Å². The molecule has 5 heteroatoms. The minimum Gasteiger partial charge on any atom is -0.409 e. The van der Waals surface area contributed by atoms with Crippen LogP contribution in [0, 0.1) is 5.92 Å². The van der Waals surface area contributed by atoms with E-state index in [1.54, 1.807) is 0 Å². The van der Waals surface area contributed by atoms with Crippen molar-refractivity contribution >= 4 is 27.5 Å². The summed E-state index contributed by atoms with van der Waals surface area (Å²) in [6, 6.07) is 5.97. The Balaban J connectivity index is 2.13. The molecule has 1 aromatic carbocycles. The second kappa shape index (κ2) is 6.28. The number of hydrogen-bond donors (Lipinski definition) is 2. The first-order valence-electron chi connectivity index (χ1n) is 6.68. The number of amidine groups is 1. The van der Waals surface area contributed by atoms with E-state index in [1.807, 2.05) is 18.2 Å². The van der Waals surface area contributed by atoms with Crippen LogP contribution in [0.2, 0.25) is 0 Å². The first-order chi connectivity index (χ1) is 9.15. The van der Waals surface area contributed by atoms with E-state index >= 15 is 0 Å². The topological polar surface area (TPSA) is 61.8 Å². The maximum atomic E-state index is 8.72. The van der Waals surface area contributed by atoms with Gasteiger partial charge in [0.25, 0.3) is 0 Å². The third-order valence-electron chi connectivity index (χ3n) is 3.68. The van der Waals surface area contributed by atoms with Gasteiger partial charge in [-0.3, -0.25) is 0 Å². The zero-order valence-corrected chi connectivity index (χ0v) is 12.7. The van der Waals surface area contributed by atoms with Crippen LogP contribution in [0.5, 0.6) is 0 Å². The standard InChI is InChI=1S/C14H20BrN3O/c1-2-3-10-6-7-18(9-10)11-4-5-12(13(15)8-11)14(16)17-19/h4-5,8,10,19H,2-3,6-7,9H2,1H3,(H2,16,17). The number of oxime groups is 1. The van der Waals surface area contributed by atoms with Crippen LogP contribution in [0.25, 0.3) is 0 Å². The first-order valence-corrected chi connectivity index (χ1v) is 7.47. The second-order valence-electron chi connectivity index (χ2n) is 5.04. The highest BCUT2D eigenvalue weighted by Gasteiger charge is 2.22. The van der Waals surface area contributed by atoms with E-state index in [0.29, 0.717) is 0 Å². The van der Waals surface area contributed by atoms with Crippen molar-refractivity contribution in [2.24, 2.45) is 16.8 Å². The van der Waals surface area contributed by atoms with E-state index in [0.717, 1.165) is 29.0 Å². The van der Waals surface area contributed by atoms with Gasteiger partial charge in [-0.2, -0.15) is 0 Å². The monoisotopic (exact) mass is 325 g/mol. The Hall–Kier alpha value is -1.23. The molecule has 1 aliphatic heterocycles. The zero-order valence-electron chi connectivity index (χ0n) is 11.1. The summed E-state index contributed by atoms with van der Waals surface area (Å²) in [5.74, 6) is 0.941. The van der Waals surface area contributed by atoms with Gasteiger partial charge in [0.1, 0.15) is 0 Å². The molecule has 1 aromatic rings. The molecular weight excluding hydrogens is 306 g/mol. The molecule has 1 heterocycles. The Bertz CT molecular complexity index is 476. The molecule has 1 fully saturated rings. The largest absolute Gasteiger partial charge is 0.409 e. The van der Waals surface area contributed by atoms with Crippen LogP contribution in [0.1, 0.15) is 31.7 Å². The number of halogens is 1. The summed E-state index contributed by atoms with van der Waals surface area (Å²) in [5.41, 5.74) is 7.53. The van der Waals surface area contributed by atoms with Crippen LogP contribution in [0.15, 0.2) is 27.8 Å². The average molecular weight is 326 g/mol. The number of hydrogen-bond acceptors (Lipinski definition) is 3. The molecule has 1 unspecified atom stereocenters. The van der Waals surface area contributed by atoms with Crippen molar-refractivity contribution in [3.63, 3.8) is 0 Å². The molecule has 0 aromatic heterocycles. The lowest BCUT2D eigenvalue weighted by atomic mass is 10.0. The van der Waals surface area contributed by atoms with E-state index in [9.17, 15) is 0 Å². The van der Waals surface area contributed by atoms with E-state index in [-0.39, 0.29) is 5.84 Å². The Kier molecular flexibility index (Phi) is 4.69. The third kappa shape index (κ3) is 3.21. The van der Waals surface area contributed by atoms with E-state index < -0.39 is 0 Å². The fourth-order valence-corrected chi connectivity index (χ4v) is 3.24. The lowest BCUT2D eigenvalue weighted by molar-refractivity contribution is 0.318. The maximum absolute atomic E-state index is 8.72. The van der Waals surface area contributed by atoms with E-state index in [4.69, 9.17) is 10.9 Å². The Labute approximate surface area is 122 Å². The van der Waals surface area contributed by atoms with Crippen molar-refractivity contribution in [3.8, 4) is 0 Å². The molecule has 0 spiro atoms. The highest BCUT2D eigenvalue weighted by molar-refractivity contribution is 9.10. The van der Waals surface area contributed by atoms with Crippen LogP contribution in [-0.4, -0.2) is 24.1 Å². The minimum absolute atomic E-state index is 0.128. The van der Waals surface area contributed by atoms with Crippen molar-refractivity contribution < 1.29 is 5.21 Å². The highest BCUT2D eigenvalue weighted by Crippen LogP contribution is 2.29. The number of nitrogens with two attached hydrogens (primary N) is 1. The van der Waals surface area contributed by atoms with Gasteiger partial charge in [-0.25, -0.2) is 0 Å². The van der Waals surface area contributed by atoms with Crippen LogP contribution in [0.3, 0.4) is 0 Å². The third-order valence-corrected chi connectivity index (χ3v) is 4.34. The summed E-state index contributed by atoms with van der Waals surface area (Å²) >= 11 is 3.48.